The van der Waals surface area contributed by atoms with E-state index in [1.54, 1.807) is 7.05 Å². The number of rotatable bonds is 5. The van der Waals surface area contributed by atoms with Gasteiger partial charge in [-0.2, -0.15) is 0 Å². The molecule has 2 aromatic heterocycles. The lowest BCUT2D eigenvalue weighted by Crippen LogP contribution is -2.37. The van der Waals surface area contributed by atoms with E-state index in [-0.39, 0.29) is 17.2 Å². The first-order chi connectivity index (χ1) is 14.0. The van der Waals surface area contributed by atoms with E-state index in [0.717, 1.165) is 36.1 Å². The quantitative estimate of drug-likeness (QED) is 0.587. The van der Waals surface area contributed by atoms with Crippen LogP contribution in [0.4, 0.5) is 0 Å². The lowest BCUT2D eigenvalue weighted by Gasteiger charge is -2.15. The highest BCUT2D eigenvalue weighted by Gasteiger charge is 2.22. The lowest BCUT2D eigenvalue weighted by atomic mass is 10.2. The zero-order valence-electron chi connectivity index (χ0n) is 16.5. The first kappa shape index (κ1) is 19.5. The number of thioether (sulfide) groups is 1. The predicted molar refractivity (Wildman–Crippen MR) is 112 cm³/mol. The maximum Gasteiger partial charge on any atom is 0.332 e. The van der Waals surface area contributed by atoms with Crippen molar-refractivity contribution in [3.05, 3.63) is 56.7 Å². The van der Waals surface area contributed by atoms with Crippen molar-refractivity contribution >= 4 is 28.8 Å². The molecule has 0 spiro atoms. The molecule has 1 fully saturated rings. The van der Waals surface area contributed by atoms with Crippen LogP contribution >= 0.6 is 11.8 Å². The van der Waals surface area contributed by atoms with E-state index in [2.05, 4.69) is 4.98 Å². The molecule has 0 saturated carbocycles. The van der Waals surface area contributed by atoms with Crippen LogP contribution < -0.4 is 11.2 Å². The SMILES string of the molecule is Cn1c(=O)c2c(nc(SCC(=O)N3CCCC3)n2Cc2ccccc2)n(C)c1=O. The number of carbonyl (C=O) groups is 1. The summed E-state index contributed by atoms with van der Waals surface area (Å²) in [5.41, 5.74) is 0.913. The van der Waals surface area contributed by atoms with E-state index in [1.165, 1.54) is 23.4 Å². The van der Waals surface area contributed by atoms with E-state index in [1.807, 2.05) is 39.8 Å². The van der Waals surface area contributed by atoms with Gasteiger partial charge in [0.15, 0.2) is 16.3 Å². The third-order valence-corrected chi connectivity index (χ3v) is 6.24. The summed E-state index contributed by atoms with van der Waals surface area (Å²) >= 11 is 1.31. The van der Waals surface area contributed by atoms with Crippen molar-refractivity contribution in [3.63, 3.8) is 0 Å². The molecule has 0 aliphatic carbocycles. The zero-order valence-corrected chi connectivity index (χ0v) is 17.3. The van der Waals surface area contributed by atoms with Crippen LogP contribution in [-0.4, -0.2) is 48.3 Å². The van der Waals surface area contributed by atoms with Gasteiger partial charge in [-0.25, -0.2) is 9.78 Å². The Bertz CT molecular complexity index is 1170. The summed E-state index contributed by atoms with van der Waals surface area (Å²) in [6.07, 6.45) is 2.09. The van der Waals surface area contributed by atoms with Crippen LogP contribution in [0.3, 0.4) is 0 Å². The van der Waals surface area contributed by atoms with Gasteiger partial charge in [-0.05, 0) is 18.4 Å². The number of aryl methyl sites for hydroxylation is 1. The minimum Gasteiger partial charge on any atom is -0.342 e. The second-order valence-corrected chi connectivity index (χ2v) is 8.16. The molecular formula is C20H23N5O3S. The molecule has 29 heavy (non-hydrogen) atoms. The summed E-state index contributed by atoms with van der Waals surface area (Å²) < 4.78 is 4.29. The number of likely N-dealkylation sites (tertiary alicyclic amines) is 1. The van der Waals surface area contributed by atoms with E-state index < -0.39 is 5.69 Å². The number of aromatic nitrogens is 4. The Balaban J connectivity index is 1.77. The highest BCUT2D eigenvalue weighted by atomic mass is 32.2. The van der Waals surface area contributed by atoms with Crippen molar-refractivity contribution < 1.29 is 4.79 Å². The third-order valence-electron chi connectivity index (χ3n) is 5.28. The number of carbonyl (C=O) groups excluding carboxylic acids is 1. The molecule has 3 aromatic rings. The molecule has 9 heteroatoms. The molecule has 3 heterocycles. The smallest absolute Gasteiger partial charge is 0.332 e. The van der Waals surface area contributed by atoms with Crippen molar-refractivity contribution in [1.82, 2.24) is 23.6 Å². The standard InChI is InChI=1S/C20H23N5O3S/c1-22-17-16(18(27)23(2)20(22)28)25(12-14-8-4-3-5-9-14)19(21-17)29-13-15(26)24-10-6-7-11-24/h3-5,8-9H,6-7,10-13H2,1-2H3. The molecule has 1 aromatic carbocycles. The van der Waals surface area contributed by atoms with Crippen LogP contribution in [0.15, 0.2) is 45.1 Å². The van der Waals surface area contributed by atoms with Crippen molar-refractivity contribution in [2.24, 2.45) is 14.1 Å². The van der Waals surface area contributed by atoms with Gasteiger partial charge in [0.05, 0.1) is 12.3 Å². The fourth-order valence-electron chi connectivity index (χ4n) is 3.63. The highest BCUT2D eigenvalue weighted by molar-refractivity contribution is 7.99. The molecule has 1 aliphatic rings. The summed E-state index contributed by atoms with van der Waals surface area (Å²) in [5.74, 6) is 0.333. The molecule has 4 rings (SSSR count). The second kappa shape index (κ2) is 7.90. The van der Waals surface area contributed by atoms with Crippen molar-refractivity contribution in [2.75, 3.05) is 18.8 Å². The maximum absolute atomic E-state index is 12.9. The monoisotopic (exact) mass is 413 g/mol. The summed E-state index contributed by atoms with van der Waals surface area (Å²) in [6.45, 7) is 2.04. The number of nitrogens with zero attached hydrogens (tertiary/aromatic N) is 5. The Kier molecular flexibility index (Phi) is 5.31. The number of hydrogen-bond donors (Lipinski definition) is 0. The van der Waals surface area contributed by atoms with Gasteiger partial charge in [0, 0.05) is 27.2 Å². The molecule has 1 amide bonds. The van der Waals surface area contributed by atoms with Crippen molar-refractivity contribution in [3.8, 4) is 0 Å². The Morgan fingerprint density at radius 3 is 2.45 bits per heavy atom. The Labute approximate surface area is 171 Å². The molecule has 0 bridgehead atoms. The molecule has 0 unspecified atom stereocenters. The van der Waals surface area contributed by atoms with E-state index >= 15 is 0 Å². The lowest BCUT2D eigenvalue weighted by molar-refractivity contribution is -0.127. The maximum atomic E-state index is 12.9. The van der Waals surface area contributed by atoms with Crippen LogP contribution in [-0.2, 0) is 25.4 Å². The number of fused-ring (bicyclic) bond motifs is 1. The van der Waals surface area contributed by atoms with E-state index in [4.69, 9.17) is 0 Å². The van der Waals surface area contributed by atoms with Gasteiger partial charge in [0.25, 0.3) is 5.56 Å². The van der Waals surface area contributed by atoms with Gasteiger partial charge in [0.1, 0.15) is 0 Å². The Morgan fingerprint density at radius 2 is 1.76 bits per heavy atom. The summed E-state index contributed by atoms with van der Waals surface area (Å²) in [7, 11) is 3.07. The van der Waals surface area contributed by atoms with Gasteiger partial charge in [0.2, 0.25) is 5.91 Å². The minimum atomic E-state index is -0.420. The summed E-state index contributed by atoms with van der Waals surface area (Å²) in [4.78, 5) is 44.1. The van der Waals surface area contributed by atoms with Crippen LogP contribution in [0.1, 0.15) is 18.4 Å². The van der Waals surface area contributed by atoms with Gasteiger partial charge < -0.3 is 9.47 Å². The zero-order chi connectivity index (χ0) is 20.5. The number of amides is 1. The fourth-order valence-corrected chi connectivity index (χ4v) is 4.53. The largest absolute Gasteiger partial charge is 0.342 e. The number of benzene rings is 1. The average molecular weight is 414 g/mol. The molecule has 8 nitrogen and oxygen atoms in total. The van der Waals surface area contributed by atoms with Crippen molar-refractivity contribution in [1.29, 1.82) is 0 Å². The molecular weight excluding hydrogens is 390 g/mol. The first-order valence-corrected chi connectivity index (χ1v) is 10.6. The predicted octanol–water partition coefficient (Wildman–Crippen LogP) is 1.20. The molecule has 1 saturated heterocycles. The minimum absolute atomic E-state index is 0.0765. The van der Waals surface area contributed by atoms with Gasteiger partial charge in [-0.15, -0.1) is 0 Å². The number of hydrogen-bond acceptors (Lipinski definition) is 5. The summed E-state index contributed by atoms with van der Waals surface area (Å²) in [5, 5.41) is 0.565. The number of imidazole rings is 1. The molecule has 0 radical (unpaired) electrons. The molecule has 1 aliphatic heterocycles. The van der Waals surface area contributed by atoms with Gasteiger partial charge in [-0.3, -0.25) is 18.7 Å². The van der Waals surface area contributed by atoms with Crippen LogP contribution in [0, 0.1) is 0 Å². The van der Waals surface area contributed by atoms with E-state index in [9.17, 15) is 14.4 Å². The second-order valence-electron chi connectivity index (χ2n) is 7.22. The van der Waals surface area contributed by atoms with Crippen LogP contribution in [0.2, 0.25) is 0 Å². The van der Waals surface area contributed by atoms with Gasteiger partial charge >= 0.3 is 5.69 Å². The Hall–Kier alpha value is -2.81. The Morgan fingerprint density at radius 1 is 1.07 bits per heavy atom. The molecule has 152 valence electrons. The highest BCUT2D eigenvalue weighted by Crippen LogP contribution is 2.24. The van der Waals surface area contributed by atoms with Crippen LogP contribution in [0.5, 0.6) is 0 Å². The normalized spacial score (nSPS) is 14.1. The van der Waals surface area contributed by atoms with Gasteiger partial charge in [-0.1, -0.05) is 42.1 Å². The van der Waals surface area contributed by atoms with E-state index in [0.29, 0.717) is 22.9 Å². The molecule has 0 N–H and O–H groups in total. The first-order valence-electron chi connectivity index (χ1n) is 9.58. The van der Waals surface area contributed by atoms with Crippen molar-refractivity contribution in [2.45, 2.75) is 24.5 Å². The summed E-state index contributed by atoms with van der Waals surface area (Å²) in [6, 6.07) is 9.75. The average Bonchev–Trinajstić information content (AvgIpc) is 3.38. The fraction of sp³-hybridized carbons (Fsp3) is 0.400. The van der Waals surface area contributed by atoms with Crippen LogP contribution in [0.25, 0.3) is 11.2 Å². The molecule has 0 atom stereocenters. The third kappa shape index (κ3) is 3.62. The topological polar surface area (TPSA) is 82.1 Å².